The van der Waals surface area contributed by atoms with Crippen molar-refractivity contribution in [1.82, 2.24) is 10.6 Å². The molecule has 0 radical (unpaired) electrons. The Morgan fingerprint density at radius 2 is 1.51 bits per heavy atom. The van der Waals surface area contributed by atoms with Gasteiger partial charge in [-0.05, 0) is 54.4 Å². The molecular weight excluding hydrogens is 444 g/mol. The van der Waals surface area contributed by atoms with E-state index in [1.54, 1.807) is 0 Å². The second kappa shape index (κ2) is 10.1. The lowest BCUT2D eigenvalue weighted by atomic mass is 9.84. The van der Waals surface area contributed by atoms with Crippen molar-refractivity contribution in [2.24, 2.45) is 11.8 Å². The number of carbonyl (C=O) groups is 3. The molecule has 4 atom stereocenters. The molecule has 0 aromatic heterocycles. The van der Waals surface area contributed by atoms with Crippen LogP contribution in [-0.4, -0.2) is 41.8 Å². The maximum atomic E-state index is 12.8. The first-order valence-electron chi connectivity index (χ1n) is 12.7. The molecule has 3 aliphatic carbocycles. The number of carboxylic acids is 1. The molecule has 2 amide bonds. The second-order valence-electron chi connectivity index (χ2n) is 10.0. The Balaban J connectivity index is 1.12. The standard InChI is InChI=1S/C28H32N2O5/c31-26(30-25-12-6-5-11-23(25)27(32)33)17-13-14-18(15-17)29-28(34)35-16-24-21-9-3-1-7-19(21)20-8-2-4-10-22(20)24/h1-4,7-10,17-18,23-25H,5-6,11-16H2,(H,29,34)(H,30,31)(H,32,33)/t17-,18+,23-,25+/m1/s1. The molecule has 2 saturated carbocycles. The summed E-state index contributed by atoms with van der Waals surface area (Å²) >= 11 is 0. The molecule has 3 N–H and O–H groups in total. The number of carbonyl (C=O) groups excluding carboxylic acids is 2. The van der Waals surface area contributed by atoms with Gasteiger partial charge < -0.3 is 20.5 Å². The van der Waals surface area contributed by atoms with Crippen LogP contribution in [-0.2, 0) is 14.3 Å². The third-order valence-electron chi connectivity index (χ3n) is 7.88. The van der Waals surface area contributed by atoms with Gasteiger partial charge in [-0.2, -0.15) is 0 Å². The zero-order valence-corrected chi connectivity index (χ0v) is 19.7. The predicted octanol–water partition coefficient (Wildman–Crippen LogP) is 4.45. The average Bonchev–Trinajstić information content (AvgIpc) is 3.46. The minimum absolute atomic E-state index is 0.00734. The topological polar surface area (TPSA) is 105 Å². The maximum absolute atomic E-state index is 12.8. The summed E-state index contributed by atoms with van der Waals surface area (Å²) in [6.07, 6.45) is 4.59. The monoisotopic (exact) mass is 476 g/mol. The van der Waals surface area contributed by atoms with E-state index >= 15 is 0 Å². The first-order valence-corrected chi connectivity index (χ1v) is 12.7. The van der Waals surface area contributed by atoms with Crippen molar-refractivity contribution in [3.05, 3.63) is 59.7 Å². The van der Waals surface area contributed by atoms with Crippen LogP contribution in [0.2, 0.25) is 0 Å². The smallest absolute Gasteiger partial charge is 0.407 e. The van der Waals surface area contributed by atoms with E-state index in [4.69, 9.17) is 4.74 Å². The highest BCUT2D eigenvalue weighted by Crippen LogP contribution is 2.44. The number of carboxylic acid groups (broad SMARTS) is 1. The summed E-state index contributed by atoms with van der Waals surface area (Å²) < 4.78 is 5.64. The van der Waals surface area contributed by atoms with Crippen LogP contribution < -0.4 is 10.6 Å². The zero-order valence-electron chi connectivity index (χ0n) is 19.7. The van der Waals surface area contributed by atoms with Gasteiger partial charge >= 0.3 is 12.1 Å². The third kappa shape index (κ3) is 4.90. The second-order valence-corrected chi connectivity index (χ2v) is 10.0. The Bertz CT molecular complexity index is 1070. The van der Waals surface area contributed by atoms with Gasteiger partial charge in [0.2, 0.25) is 5.91 Å². The lowest BCUT2D eigenvalue weighted by Gasteiger charge is -2.30. The minimum Gasteiger partial charge on any atom is -0.481 e. The predicted molar refractivity (Wildman–Crippen MR) is 131 cm³/mol. The molecule has 184 valence electrons. The minimum atomic E-state index is -0.837. The van der Waals surface area contributed by atoms with Crippen LogP contribution in [0.15, 0.2) is 48.5 Å². The summed E-state index contributed by atoms with van der Waals surface area (Å²) in [6.45, 7) is 0.259. The van der Waals surface area contributed by atoms with Crippen molar-refractivity contribution in [2.75, 3.05) is 6.61 Å². The number of nitrogens with one attached hydrogen (secondary N) is 2. The fourth-order valence-corrected chi connectivity index (χ4v) is 6.06. The van der Waals surface area contributed by atoms with Crippen LogP contribution in [0.5, 0.6) is 0 Å². The molecule has 0 saturated heterocycles. The molecule has 3 aliphatic rings. The fourth-order valence-electron chi connectivity index (χ4n) is 6.06. The first-order chi connectivity index (χ1) is 17.0. The zero-order chi connectivity index (χ0) is 24.4. The van der Waals surface area contributed by atoms with Crippen LogP contribution in [0.4, 0.5) is 4.79 Å². The van der Waals surface area contributed by atoms with E-state index < -0.39 is 18.0 Å². The molecule has 0 heterocycles. The van der Waals surface area contributed by atoms with E-state index in [0.717, 1.165) is 12.8 Å². The number of fused-ring (bicyclic) bond motifs is 3. The Labute approximate surface area is 205 Å². The highest BCUT2D eigenvalue weighted by molar-refractivity contribution is 5.81. The Morgan fingerprint density at radius 3 is 2.20 bits per heavy atom. The number of hydrogen-bond acceptors (Lipinski definition) is 4. The van der Waals surface area contributed by atoms with Gasteiger partial charge in [0.15, 0.2) is 0 Å². The van der Waals surface area contributed by atoms with Gasteiger partial charge in [-0.3, -0.25) is 9.59 Å². The number of alkyl carbamates (subject to hydrolysis) is 1. The number of amides is 2. The van der Waals surface area contributed by atoms with E-state index in [1.165, 1.54) is 22.3 Å². The van der Waals surface area contributed by atoms with Gasteiger partial charge in [0.1, 0.15) is 6.61 Å². The summed E-state index contributed by atoms with van der Waals surface area (Å²) in [5.74, 6) is -1.65. The molecular formula is C28H32N2O5. The molecule has 5 rings (SSSR count). The van der Waals surface area contributed by atoms with E-state index in [0.29, 0.717) is 32.1 Å². The van der Waals surface area contributed by atoms with E-state index in [9.17, 15) is 19.5 Å². The number of aliphatic carboxylic acids is 1. The van der Waals surface area contributed by atoms with Crippen LogP contribution in [0.1, 0.15) is 62.0 Å². The average molecular weight is 477 g/mol. The summed E-state index contributed by atoms with van der Waals surface area (Å²) in [4.78, 5) is 36.9. The van der Waals surface area contributed by atoms with E-state index in [2.05, 4.69) is 34.9 Å². The highest BCUT2D eigenvalue weighted by Gasteiger charge is 2.36. The normalized spacial score (nSPS) is 25.4. The molecule has 0 bridgehead atoms. The summed E-state index contributed by atoms with van der Waals surface area (Å²) in [7, 11) is 0. The number of rotatable bonds is 6. The van der Waals surface area contributed by atoms with Gasteiger partial charge in [0.05, 0.1) is 5.92 Å². The Morgan fingerprint density at radius 1 is 0.857 bits per heavy atom. The molecule has 7 heteroatoms. The third-order valence-corrected chi connectivity index (χ3v) is 7.88. The molecule has 2 aromatic carbocycles. The van der Waals surface area contributed by atoms with Crippen LogP contribution in [0.25, 0.3) is 11.1 Å². The molecule has 0 aliphatic heterocycles. The molecule has 0 unspecified atom stereocenters. The van der Waals surface area contributed by atoms with Crippen LogP contribution >= 0.6 is 0 Å². The van der Waals surface area contributed by atoms with Gasteiger partial charge in [-0.25, -0.2) is 4.79 Å². The quantitative estimate of drug-likeness (QED) is 0.571. The van der Waals surface area contributed by atoms with Crippen molar-refractivity contribution in [3.8, 4) is 11.1 Å². The van der Waals surface area contributed by atoms with Gasteiger partial charge in [-0.1, -0.05) is 61.4 Å². The van der Waals surface area contributed by atoms with Crippen LogP contribution in [0, 0.1) is 11.8 Å². The summed E-state index contributed by atoms with van der Waals surface area (Å²) in [6, 6.07) is 16.0. The molecule has 7 nitrogen and oxygen atoms in total. The highest BCUT2D eigenvalue weighted by atomic mass is 16.5. The Kier molecular flexibility index (Phi) is 6.75. The van der Waals surface area contributed by atoms with Crippen molar-refractivity contribution < 1.29 is 24.2 Å². The molecule has 2 fully saturated rings. The van der Waals surface area contributed by atoms with Crippen molar-refractivity contribution in [2.45, 2.75) is 62.9 Å². The van der Waals surface area contributed by atoms with Gasteiger partial charge in [0, 0.05) is 23.9 Å². The number of benzene rings is 2. The van der Waals surface area contributed by atoms with Gasteiger partial charge in [-0.15, -0.1) is 0 Å². The van der Waals surface area contributed by atoms with E-state index in [-0.39, 0.29) is 36.4 Å². The number of hydrogen-bond donors (Lipinski definition) is 3. The van der Waals surface area contributed by atoms with Crippen molar-refractivity contribution in [3.63, 3.8) is 0 Å². The molecule has 2 aromatic rings. The van der Waals surface area contributed by atoms with Gasteiger partial charge in [0.25, 0.3) is 0 Å². The SMILES string of the molecule is O=C(N[C@H]1CC[C@@H](C(=O)N[C@H]2CCCC[C@H]2C(=O)O)C1)OCC1c2ccccc2-c2ccccc21. The number of ether oxygens (including phenoxy) is 1. The lowest BCUT2D eigenvalue weighted by molar-refractivity contribution is -0.144. The summed E-state index contributed by atoms with van der Waals surface area (Å²) in [5, 5.41) is 15.4. The maximum Gasteiger partial charge on any atom is 0.407 e. The summed E-state index contributed by atoms with van der Waals surface area (Å²) in [5.41, 5.74) is 4.71. The molecule has 35 heavy (non-hydrogen) atoms. The van der Waals surface area contributed by atoms with Crippen molar-refractivity contribution in [1.29, 1.82) is 0 Å². The lowest BCUT2D eigenvalue weighted by Crippen LogP contribution is -2.47. The van der Waals surface area contributed by atoms with E-state index in [1.807, 2.05) is 24.3 Å². The largest absolute Gasteiger partial charge is 0.481 e. The van der Waals surface area contributed by atoms with Crippen molar-refractivity contribution >= 4 is 18.0 Å². The van der Waals surface area contributed by atoms with Crippen LogP contribution in [0.3, 0.4) is 0 Å². The fraction of sp³-hybridized carbons (Fsp3) is 0.464. The first kappa shape index (κ1) is 23.4. The molecule has 0 spiro atoms. The Hall–Kier alpha value is -3.35.